The first-order valence-electron chi connectivity index (χ1n) is 9.09. The fourth-order valence-electron chi connectivity index (χ4n) is 3.07. The number of amides is 4. The Hall–Kier alpha value is -3.74. The van der Waals surface area contributed by atoms with Crippen molar-refractivity contribution in [3.05, 3.63) is 76.9 Å². The molecule has 1 heterocycles. The number of nitrogens with one attached hydrogen (secondary N) is 2. The van der Waals surface area contributed by atoms with E-state index in [1.165, 1.54) is 24.3 Å². The van der Waals surface area contributed by atoms with E-state index in [1.807, 2.05) is 26.0 Å². The molecule has 2 aromatic carbocycles. The Morgan fingerprint density at radius 3 is 2.52 bits per heavy atom. The number of carbonyl (C=O) groups is 4. The van der Waals surface area contributed by atoms with Gasteiger partial charge in [-0.1, -0.05) is 18.2 Å². The Balaban J connectivity index is 1.66. The van der Waals surface area contributed by atoms with Crippen molar-refractivity contribution in [3.63, 3.8) is 0 Å². The first-order chi connectivity index (χ1) is 13.8. The lowest BCUT2D eigenvalue weighted by Gasteiger charge is -2.11. The number of hydrogen-bond acceptors (Lipinski definition) is 4. The van der Waals surface area contributed by atoms with E-state index in [9.17, 15) is 19.2 Å². The summed E-state index contributed by atoms with van der Waals surface area (Å²) in [5.74, 6) is -1.75. The predicted molar refractivity (Wildman–Crippen MR) is 109 cm³/mol. The third-order valence-electron chi connectivity index (χ3n) is 4.83. The maximum Gasteiger partial charge on any atom is 0.261 e. The van der Waals surface area contributed by atoms with Gasteiger partial charge in [-0.15, -0.1) is 6.58 Å². The molecule has 0 atom stereocenters. The molecule has 4 amide bonds. The second-order valence-corrected chi connectivity index (χ2v) is 6.75. The summed E-state index contributed by atoms with van der Waals surface area (Å²) in [5, 5.41) is 5.29. The molecule has 3 rings (SSSR count). The van der Waals surface area contributed by atoms with Crippen molar-refractivity contribution < 1.29 is 19.2 Å². The van der Waals surface area contributed by atoms with Crippen LogP contribution in [0.2, 0.25) is 0 Å². The molecule has 0 unspecified atom stereocenters. The van der Waals surface area contributed by atoms with E-state index in [4.69, 9.17) is 0 Å². The standard InChI is InChI=1S/C22H21N3O4/c1-4-10-25-21(28)16-9-8-15(11-17(16)22(25)29)20(27)23-12-19(26)24-18-7-5-6-13(2)14(18)3/h4-9,11H,1,10,12H2,2-3H3,(H,23,27)(H,24,26). The third-order valence-corrected chi connectivity index (χ3v) is 4.83. The average Bonchev–Trinajstić information content (AvgIpc) is 2.94. The molecule has 2 N–H and O–H groups in total. The number of hydrogen-bond donors (Lipinski definition) is 2. The average molecular weight is 391 g/mol. The molecule has 0 bridgehead atoms. The molecule has 148 valence electrons. The first-order valence-corrected chi connectivity index (χ1v) is 9.09. The molecule has 0 fully saturated rings. The predicted octanol–water partition coefficient (Wildman–Crippen LogP) is 2.45. The van der Waals surface area contributed by atoms with Crippen LogP contribution < -0.4 is 10.6 Å². The van der Waals surface area contributed by atoms with Crippen molar-refractivity contribution in [3.8, 4) is 0 Å². The van der Waals surface area contributed by atoms with Crippen molar-refractivity contribution in [2.75, 3.05) is 18.4 Å². The monoisotopic (exact) mass is 391 g/mol. The van der Waals surface area contributed by atoms with Crippen LogP contribution in [0.3, 0.4) is 0 Å². The molecule has 7 nitrogen and oxygen atoms in total. The highest BCUT2D eigenvalue weighted by molar-refractivity contribution is 6.22. The van der Waals surface area contributed by atoms with E-state index in [2.05, 4.69) is 17.2 Å². The van der Waals surface area contributed by atoms with Gasteiger partial charge in [0.1, 0.15) is 0 Å². The zero-order valence-electron chi connectivity index (χ0n) is 16.2. The minimum atomic E-state index is -0.508. The Bertz CT molecular complexity index is 1040. The lowest BCUT2D eigenvalue weighted by molar-refractivity contribution is -0.115. The van der Waals surface area contributed by atoms with Crippen LogP contribution in [0.5, 0.6) is 0 Å². The summed E-state index contributed by atoms with van der Waals surface area (Å²) in [6.07, 6.45) is 1.46. The number of imide groups is 1. The van der Waals surface area contributed by atoms with Gasteiger partial charge in [0.05, 0.1) is 17.7 Å². The Morgan fingerprint density at radius 2 is 1.79 bits per heavy atom. The van der Waals surface area contributed by atoms with Gasteiger partial charge in [0.2, 0.25) is 5.91 Å². The van der Waals surface area contributed by atoms with Crippen LogP contribution in [-0.4, -0.2) is 41.6 Å². The van der Waals surface area contributed by atoms with Crippen molar-refractivity contribution in [2.24, 2.45) is 0 Å². The lowest BCUT2D eigenvalue weighted by Crippen LogP contribution is -2.33. The highest BCUT2D eigenvalue weighted by Crippen LogP contribution is 2.24. The van der Waals surface area contributed by atoms with Gasteiger partial charge in [0.15, 0.2) is 0 Å². The minimum Gasteiger partial charge on any atom is -0.343 e. The smallest absolute Gasteiger partial charge is 0.261 e. The SMILES string of the molecule is C=CCN1C(=O)c2ccc(C(=O)NCC(=O)Nc3cccc(C)c3C)cc2C1=O. The Morgan fingerprint density at radius 1 is 1.07 bits per heavy atom. The molecule has 0 aliphatic carbocycles. The van der Waals surface area contributed by atoms with Crippen LogP contribution in [0.25, 0.3) is 0 Å². The van der Waals surface area contributed by atoms with Gasteiger partial charge in [-0.05, 0) is 49.2 Å². The summed E-state index contributed by atoms with van der Waals surface area (Å²) in [6, 6.07) is 9.86. The lowest BCUT2D eigenvalue weighted by atomic mass is 10.1. The number of anilines is 1. The number of carbonyl (C=O) groups excluding carboxylic acids is 4. The molecule has 1 aliphatic heterocycles. The van der Waals surface area contributed by atoms with Crippen LogP contribution in [0, 0.1) is 13.8 Å². The molecule has 0 saturated carbocycles. The van der Waals surface area contributed by atoms with Gasteiger partial charge in [-0.25, -0.2) is 0 Å². The maximum absolute atomic E-state index is 12.4. The molecule has 0 radical (unpaired) electrons. The van der Waals surface area contributed by atoms with Crippen molar-refractivity contribution in [1.29, 1.82) is 0 Å². The van der Waals surface area contributed by atoms with Gasteiger partial charge in [0, 0.05) is 17.8 Å². The summed E-state index contributed by atoms with van der Waals surface area (Å²) in [6.45, 7) is 7.27. The van der Waals surface area contributed by atoms with Crippen molar-refractivity contribution >= 4 is 29.3 Å². The Kier molecular flexibility index (Phi) is 5.59. The molecule has 0 spiro atoms. The van der Waals surface area contributed by atoms with Gasteiger partial charge in [-0.3, -0.25) is 24.1 Å². The second-order valence-electron chi connectivity index (χ2n) is 6.75. The molecule has 2 aromatic rings. The van der Waals surface area contributed by atoms with E-state index < -0.39 is 17.7 Å². The molecule has 0 saturated heterocycles. The summed E-state index contributed by atoms with van der Waals surface area (Å²) in [5.41, 5.74) is 3.32. The number of benzene rings is 2. The van der Waals surface area contributed by atoms with Crippen LogP contribution in [0.4, 0.5) is 5.69 Å². The van der Waals surface area contributed by atoms with E-state index in [-0.39, 0.29) is 35.7 Å². The number of fused-ring (bicyclic) bond motifs is 1. The number of aryl methyl sites for hydroxylation is 1. The molecule has 29 heavy (non-hydrogen) atoms. The molecular formula is C22H21N3O4. The molecular weight excluding hydrogens is 370 g/mol. The summed E-state index contributed by atoms with van der Waals surface area (Å²) < 4.78 is 0. The van der Waals surface area contributed by atoms with E-state index in [0.717, 1.165) is 16.0 Å². The van der Waals surface area contributed by atoms with Gasteiger partial charge < -0.3 is 10.6 Å². The van der Waals surface area contributed by atoms with Gasteiger partial charge in [-0.2, -0.15) is 0 Å². The zero-order chi connectivity index (χ0) is 21.1. The summed E-state index contributed by atoms with van der Waals surface area (Å²) >= 11 is 0. The highest BCUT2D eigenvalue weighted by Gasteiger charge is 2.35. The van der Waals surface area contributed by atoms with Crippen LogP contribution >= 0.6 is 0 Å². The maximum atomic E-state index is 12.4. The van der Waals surface area contributed by atoms with Crippen LogP contribution in [0.1, 0.15) is 42.2 Å². The summed E-state index contributed by atoms with van der Waals surface area (Å²) in [7, 11) is 0. The van der Waals surface area contributed by atoms with Gasteiger partial charge >= 0.3 is 0 Å². The van der Waals surface area contributed by atoms with Crippen molar-refractivity contribution in [2.45, 2.75) is 13.8 Å². The topological polar surface area (TPSA) is 95.6 Å². The van der Waals surface area contributed by atoms with Crippen LogP contribution in [0.15, 0.2) is 49.1 Å². The fraction of sp³-hybridized carbons (Fsp3) is 0.182. The molecule has 7 heteroatoms. The van der Waals surface area contributed by atoms with E-state index in [0.29, 0.717) is 5.69 Å². The first kappa shape index (κ1) is 20.0. The second kappa shape index (κ2) is 8.10. The third kappa shape index (κ3) is 3.94. The van der Waals surface area contributed by atoms with Crippen LogP contribution in [-0.2, 0) is 4.79 Å². The van der Waals surface area contributed by atoms with Crippen molar-refractivity contribution in [1.82, 2.24) is 10.2 Å². The largest absolute Gasteiger partial charge is 0.343 e. The number of nitrogens with zero attached hydrogens (tertiary/aromatic N) is 1. The Labute approximate surface area is 168 Å². The summed E-state index contributed by atoms with van der Waals surface area (Å²) in [4.78, 5) is 50.2. The number of rotatable bonds is 6. The highest BCUT2D eigenvalue weighted by atomic mass is 16.2. The minimum absolute atomic E-state index is 0.104. The molecule has 1 aliphatic rings. The molecule has 0 aromatic heterocycles. The van der Waals surface area contributed by atoms with Gasteiger partial charge in [0.25, 0.3) is 17.7 Å². The van der Waals surface area contributed by atoms with E-state index >= 15 is 0 Å². The quantitative estimate of drug-likeness (QED) is 0.584. The zero-order valence-corrected chi connectivity index (χ0v) is 16.2. The normalized spacial score (nSPS) is 12.6. The van der Waals surface area contributed by atoms with E-state index in [1.54, 1.807) is 6.07 Å². The fourth-order valence-corrected chi connectivity index (χ4v) is 3.07.